The van der Waals surface area contributed by atoms with Gasteiger partial charge < -0.3 is 10.4 Å². The first kappa shape index (κ1) is 21.1. The van der Waals surface area contributed by atoms with Gasteiger partial charge in [0.05, 0.1) is 17.8 Å². The maximum Gasteiger partial charge on any atom is 0.241 e. The van der Waals surface area contributed by atoms with Crippen molar-refractivity contribution in [2.75, 3.05) is 5.32 Å². The molecule has 2 aromatic rings. The van der Waals surface area contributed by atoms with Gasteiger partial charge in [-0.25, -0.2) is 9.50 Å². The molecule has 0 aromatic carbocycles. The molecule has 3 rings (SSSR count). The second-order valence-electron chi connectivity index (χ2n) is 8.64. The van der Waals surface area contributed by atoms with Gasteiger partial charge in [-0.3, -0.25) is 0 Å². The second-order valence-corrected chi connectivity index (χ2v) is 8.64. The molecule has 1 aliphatic rings. The Kier molecular flexibility index (Phi) is 7.33. The molecule has 0 spiro atoms. The van der Waals surface area contributed by atoms with Gasteiger partial charge >= 0.3 is 0 Å². The summed E-state index contributed by atoms with van der Waals surface area (Å²) < 4.78 is 2.16. The fraction of sp³-hybridized carbons (Fsp3) is 0.739. The van der Waals surface area contributed by atoms with E-state index in [-0.39, 0.29) is 6.10 Å². The van der Waals surface area contributed by atoms with Crippen LogP contribution in [0.4, 0.5) is 5.95 Å². The molecule has 1 saturated carbocycles. The second kappa shape index (κ2) is 9.73. The fourth-order valence-corrected chi connectivity index (χ4v) is 4.57. The van der Waals surface area contributed by atoms with Gasteiger partial charge in [0.1, 0.15) is 0 Å². The topological polar surface area (TPSA) is 62.5 Å². The molecule has 5 nitrogen and oxygen atoms in total. The number of anilines is 1. The molecule has 156 valence electrons. The zero-order chi connectivity index (χ0) is 20.1. The maximum atomic E-state index is 9.95. The van der Waals surface area contributed by atoms with Crippen LogP contribution < -0.4 is 5.32 Å². The first-order valence-corrected chi connectivity index (χ1v) is 11.4. The van der Waals surface area contributed by atoms with Crippen molar-refractivity contribution in [3.63, 3.8) is 0 Å². The average Bonchev–Trinajstić information content (AvgIpc) is 3.07. The molecule has 0 saturated heterocycles. The van der Waals surface area contributed by atoms with E-state index in [1.807, 2.05) is 6.20 Å². The number of hydrogen-bond donors (Lipinski definition) is 2. The third-order valence-corrected chi connectivity index (χ3v) is 6.39. The van der Waals surface area contributed by atoms with Crippen LogP contribution in [0.15, 0.2) is 12.3 Å². The van der Waals surface area contributed by atoms with Crippen LogP contribution in [0, 0.1) is 0 Å². The molecule has 2 N–H and O–H groups in total. The Balaban J connectivity index is 2.03. The van der Waals surface area contributed by atoms with Gasteiger partial charge in [0.15, 0.2) is 0 Å². The maximum absolute atomic E-state index is 9.95. The summed E-state index contributed by atoms with van der Waals surface area (Å²) in [5.74, 6) is 1.76. The SMILES string of the molecule is CCCC(CCC)c1cc(C2CCC(O)CC2)n2nc(N[C@@H](C)CC)ncc12. The highest BCUT2D eigenvalue weighted by Gasteiger charge is 2.27. The Morgan fingerprint density at radius 2 is 1.82 bits per heavy atom. The number of aliphatic hydroxyl groups excluding tert-OH is 1. The molecule has 0 amide bonds. The van der Waals surface area contributed by atoms with E-state index in [9.17, 15) is 5.11 Å². The van der Waals surface area contributed by atoms with Gasteiger partial charge in [-0.15, -0.1) is 5.10 Å². The van der Waals surface area contributed by atoms with Gasteiger partial charge in [-0.2, -0.15) is 0 Å². The zero-order valence-electron chi connectivity index (χ0n) is 18.1. The van der Waals surface area contributed by atoms with Crippen LogP contribution in [-0.2, 0) is 0 Å². The van der Waals surface area contributed by atoms with E-state index < -0.39 is 0 Å². The summed E-state index contributed by atoms with van der Waals surface area (Å²) in [4.78, 5) is 4.65. The summed E-state index contributed by atoms with van der Waals surface area (Å²) >= 11 is 0. The summed E-state index contributed by atoms with van der Waals surface area (Å²) in [5.41, 5.74) is 3.89. The van der Waals surface area contributed by atoms with Crippen LogP contribution in [0.3, 0.4) is 0 Å². The van der Waals surface area contributed by atoms with E-state index in [1.54, 1.807) is 0 Å². The van der Waals surface area contributed by atoms with Crippen molar-refractivity contribution in [2.45, 2.75) is 109 Å². The molecule has 0 bridgehead atoms. The monoisotopic (exact) mass is 386 g/mol. The smallest absolute Gasteiger partial charge is 0.241 e. The zero-order valence-corrected chi connectivity index (χ0v) is 18.1. The lowest BCUT2D eigenvalue weighted by Crippen LogP contribution is -2.19. The molecular weight excluding hydrogens is 348 g/mol. The van der Waals surface area contributed by atoms with Crippen LogP contribution in [0.25, 0.3) is 5.52 Å². The van der Waals surface area contributed by atoms with E-state index in [1.165, 1.54) is 42.5 Å². The largest absolute Gasteiger partial charge is 0.393 e. The van der Waals surface area contributed by atoms with Crippen LogP contribution >= 0.6 is 0 Å². The van der Waals surface area contributed by atoms with E-state index >= 15 is 0 Å². The predicted molar refractivity (Wildman–Crippen MR) is 116 cm³/mol. The Morgan fingerprint density at radius 1 is 1.14 bits per heavy atom. The van der Waals surface area contributed by atoms with Crippen molar-refractivity contribution >= 4 is 11.5 Å². The summed E-state index contributed by atoms with van der Waals surface area (Å²) in [6, 6.07) is 2.77. The van der Waals surface area contributed by atoms with Crippen molar-refractivity contribution in [3.05, 3.63) is 23.5 Å². The van der Waals surface area contributed by atoms with Crippen molar-refractivity contribution < 1.29 is 5.11 Å². The van der Waals surface area contributed by atoms with Crippen molar-refractivity contribution in [1.29, 1.82) is 0 Å². The van der Waals surface area contributed by atoms with Crippen LogP contribution in [-0.4, -0.2) is 31.9 Å². The Morgan fingerprint density at radius 3 is 2.43 bits per heavy atom. The molecule has 0 aliphatic heterocycles. The lowest BCUT2D eigenvalue weighted by atomic mass is 9.84. The molecule has 0 unspecified atom stereocenters. The number of rotatable bonds is 9. The molecule has 0 radical (unpaired) electrons. The molecule has 1 fully saturated rings. The molecule has 2 aromatic heterocycles. The number of hydrogen-bond acceptors (Lipinski definition) is 4. The lowest BCUT2D eigenvalue weighted by molar-refractivity contribution is 0.121. The van der Waals surface area contributed by atoms with Gasteiger partial charge in [-0.1, -0.05) is 33.6 Å². The first-order chi connectivity index (χ1) is 13.6. The summed E-state index contributed by atoms with van der Waals surface area (Å²) in [5, 5.41) is 18.3. The van der Waals surface area contributed by atoms with Crippen molar-refractivity contribution in [2.24, 2.45) is 0 Å². The molecule has 1 aliphatic carbocycles. The van der Waals surface area contributed by atoms with Gasteiger partial charge in [0.2, 0.25) is 5.95 Å². The molecule has 2 heterocycles. The minimum Gasteiger partial charge on any atom is -0.393 e. The van der Waals surface area contributed by atoms with Crippen LogP contribution in [0.5, 0.6) is 0 Å². The van der Waals surface area contributed by atoms with Gasteiger partial charge in [0.25, 0.3) is 0 Å². The molecular formula is C23H38N4O. The van der Waals surface area contributed by atoms with E-state index in [2.05, 4.69) is 48.6 Å². The number of nitrogens with zero attached hydrogens (tertiary/aromatic N) is 3. The minimum absolute atomic E-state index is 0.132. The summed E-state index contributed by atoms with van der Waals surface area (Å²) in [7, 11) is 0. The quantitative estimate of drug-likeness (QED) is 0.585. The number of fused-ring (bicyclic) bond motifs is 1. The minimum atomic E-state index is -0.132. The number of aromatic nitrogens is 3. The Labute approximate surface area is 169 Å². The Bertz CT molecular complexity index is 742. The van der Waals surface area contributed by atoms with E-state index in [0.29, 0.717) is 23.8 Å². The average molecular weight is 387 g/mol. The van der Waals surface area contributed by atoms with E-state index in [4.69, 9.17) is 5.10 Å². The van der Waals surface area contributed by atoms with Gasteiger partial charge in [-0.05, 0) is 69.4 Å². The lowest BCUT2D eigenvalue weighted by Gasteiger charge is -2.25. The van der Waals surface area contributed by atoms with Crippen molar-refractivity contribution in [3.8, 4) is 0 Å². The first-order valence-electron chi connectivity index (χ1n) is 11.4. The van der Waals surface area contributed by atoms with Crippen molar-refractivity contribution in [1.82, 2.24) is 14.6 Å². The highest BCUT2D eigenvalue weighted by molar-refractivity contribution is 5.58. The number of aliphatic hydroxyl groups is 1. The molecule has 5 heteroatoms. The molecule has 28 heavy (non-hydrogen) atoms. The predicted octanol–water partition coefficient (Wildman–Crippen LogP) is 5.64. The molecule has 1 atom stereocenters. The van der Waals surface area contributed by atoms with Gasteiger partial charge in [0, 0.05) is 17.7 Å². The highest BCUT2D eigenvalue weighted by Crippen LogP contribution is 2.38. The third kappa shape index (κ3) is 4.68. The standard InChI is InChI=1S/C23H38N4O/c1-5-8-17(9-6-2)20-14-21(18-10-12-19(28)13-11-18)27-22(20)15-24-23(26-27)25-16(4)7-3/h14-19,28H,5-13H2,1-4H3,(H,25,26)/t16-,18?,19?/m0/s1. The van der Waals surface area contributed by atoms with Crippen LogP contribution in [0.2, 0.25) is 0 Å². The Hall–Kier alpha value is -1.62. The summed E-state index contributed by atoms with van der Waals surface area (Å²) in [6.07, 6.45) is 11.6. The fourth-order valence-electron chi connectivity index (χ4n) is 4.57. The highest BCUT2D eigenvalue weighted by atomic mass is 16.3. The summed E-state index contributed by atoms with van der Waals surface area (Å²) in [6.45, 7) is 8.88. The third-order valence-electron chi connectivity index (χ3n) is 6.39. The number of nitrogens with one attached hydrogen (secondary N) is 1. The van der Waals surface area contributed by atoms with Crippen LogP contribution in [0.1, 0.15) is 109 Å². The normalized spacial score (nSPS) is 21.4. The van der Waals surface area contributed by atoms with E-state index in [0.717, 1.165) is 32.1 Å².